The fourth-order valence-electron chi connectivity index (χ4n) is 4.71. The highest BCUT2D eigenvalue weighted by molar-refractivity contribution is 5.80. The number of carboxylic acid groups (broad SMARTS) is 1. The molecular formula is C26H30N2O6. The second kappa shape index (κ2) is 9.10. The summed E-state index contributed by atoms with van der Waals surface area (Å²) in [5.74, 6) is -1.22. The highest BCUT2D eigenvalue weighted by Gasteiger charge is 2.43. The highest BCUT2D eigenvalue weighted by Crippen LogP contribution is 2.44. The molecule has 0 aromatic heterocycles. The Morgan fingerprint density at radius 1 is 1.06 bits per heavy atom. The van der Waals surface area contributed by atoms with Gasteiger partial charge in [0, 0.05) is 17.9 Å². The second-order valence-electron chi connectivity index (χ2n) is 9.89. The van der Waals surface area contributed by atoms with Gasteiger partial charge in [-0.15, -0.1) is 0 Å². The van der Waals surface area contributed by atoms with E-state index in [1.807, 2.05) is 24.3 Å². The number of carbonyl (C=O) groups is 3. The number of carboxylic acids is 1. The molecule has 0 spiro atoms. The first-order valence-corrected chi connectivity index (χ1v) is 11.3. The van der Waals surface area contributed by atoms with Gasteiger partial charge in [-0.05, 0) is 43.0 Å². The third-order valence-electron chi connectivity index (χ3n) is 6.32. The van der Waals surface area contributed by atoms with Crippen LogP contribution < -0.4 is 5.32 Å². The molecular weight excluding hydrogens is 436 g/mol. The van der Waals surface area contributed by atoms with Gasteiger partial charge in [0.05, 0.1) is 13.1 Å². The molecule has 1 fully saturated rings. The van der Waals surface area contributed by atoms with E-state index >= 15 is 0 Å². The van der Waals surface area contributed by atoms with Crippen molar-refractivity contribution in [1.29, 1.82) is 0 Å². The number of hydrogen-bond acceptors (Lipinski definition) is 5. The maximum Gasteiger partial charge on any atom is 0.407 e. The minimum Gasteiger partial charge on any atom is -0.480 e. The zero-order valence-electron chi connectivity index (χ0n) is 19.7. The van der Waals surface area contributed by atoms with Crippen molar-refractivity contribution in [3.63, 3.8) is 0 Å². The van der Waals surface area contributed by atoms with E-state index in [9.17, 15) is 14.4 Å². The van der Waals surface area contributed by atoms with E-state index in [-0.39, 0.29) is 24.9 Å². The molecule has 2 amide bonds. The zero-order valence-corrected chi connectivity index (χ0v) is 19.7. The zero-order chi connectivity index (χ0) is 24.5. The van der Waals surface area contributed by atoms with Crippen LogP contribution in [0.5, 0.6) is 0 Å². The van der Waals surface area contributed by atoms with Gasteiger partial charge >= 0.3 is 12.1 Å². The molecule has 2 N–H and O–H groups in total. The van der Waals surface area contributed by atoms with Gasteiger partial charge in [-0.1, -0.05) is 48.5 Å². The quantitative estimate of drug-likeness (QED) is 0.618. The van der Waals surface area contributed by atoms with E-state index in [0.29, 0.717) is 13.1 Å². The first-order valence-electron chi connectivity index (χ1n) is 11.3. The largest absolute Gasteiger partial charge is 0.480 e. The van der Waals surface area contributed by atoms with Gasteiger partial charge in [-0.2, -0.15) is 0 Å². The maximum absolute atomic E-state index is 12.7. The number of benzene rings is 2. The summed E-state index contributed by atoms with van der Waals surface area (Å²) in [4.78, 5) is 37.5. The Hall–Kier alpha value is -3.39. The van der Waals surface area contributed by atoms with Crippen molar-refractivity contribution in [3.8, 4) is 11.1 Å². The molecule has 8 nitrogen and oxygen atoms in total. The van der Waals surface area contributed by atoms with Crippen molar-refractivity contribution in [3.05, 3.63) is 59.7 Å². The summed E-state index contributed by atoms with van der Waals surface area (Å²) in [5, 5.41) is 11.6. The van der Waals surface area contributed by atoms with Gasteiger partial charge in [0.1, 0.15) is 18.8 Å². The van der Waals surface area contributed by atoms with E-state index in [1.165, 1.54) is 0 Å². The molecule has 1 heterocycles. The minimum atomic E-state index is -1.04. The molecule has 180 valence electrons. The van der Waals surface area contributed by atoms with Crippen LogP contribution in [0.15, 0.2) is 48.5 Å². The third-order valence-corrected chi connectivity index (χ3v) is 6.32. The molecule has 8 heteroatoms. The van der Waals surface area contributed by atoms with Crippen LogP contribution in [-0.4, -0.2) is 65.4 Å². The Bertz CT molecular complexity index is 1060. The van der Waals surface area contributed by atoms with Crippen LogP contribution >= 0.6 is 0 Å². The topological polar surface area (TPSA) is 105 Å². The molecule has 0 radical (unpaired) electrons. The smallest absolute Gasteiger partial charge is 0.407 e. The molecule has 0 atom stereocenters. The number of nitrogens with zero attached hydrogens (tertiary/aromatic N) is 1. The van der Waals surface area contributed by atoms with Gasteiger partial charge < -0.3 is 24.8 Å². The Balaban J connectivity index is 1.29. The van der Waals surface area contributed by atoms with Crippen molar-refractivity contribution in [2.75, 3.05) is 26.3 Å². The maximum atomic E-state index is 12.7. The molecule has 1 aliphatic carbocycles. The normalized spacial score (nSPS) is 16.3. The fourth-order valence-corrected chi connectivity index (χ4v) is 4.71. The molecule has 34 heavy (non-hydrogen) atoms. The molecule has 0 saturated carbocycles. The van der Waals surface area contributed by atoms with Crippen molar-refractivity contribution in [2.24, 2.45) is 0 Å². The fraction of sp³-hybridized carbons (Fsp3) is 0.423. The predicted molar refractivity (Wildman–Crippen MR) is 125 cm³/mol. The van der Waals surface area contributed by atoms with Crippen molar-refractivity contribution in [2.45, 2.75) is 44.2 Å². The van der Waals surface area contributed by atoms with Gasteiger partial charge in [0.25, 0.3) is 0 Å². The number of alkyl carbamates (subject to hydrolysis) is 1. The molecule has 4 rings (SSSR count). The van der Waals surface area contributed by atoms with Crippen molar-refractivity contribution >= 4 is 18.0 Å². The van der Waals surface area contributed by atoms with Gasteiger partial charge in [0.2, 0.25) is 5.91 Å². The number of amides is 2. The third kappa shape index (κ3) is 5.07. The Morgan fingerprint density at radius 3 is 2.18 bits per heavy atom. The average molecular weight is 467 g/mol. The van der Waals surface area contributed by atoms with E-state index in [1.54, 1.807) is 25.7 Å². The molecule has 2 aromatic rings. The molecule has 1 saturated heterocycles. The number of rotatable bonds is 8. The van der Waals surface area contributed by atoms with E-state index in [2.05, 4.69) is 29.6 Å². The Morgan fingerprint density at radius 2 is 1.62 bits per heavy atom. The Kier molecular flexibility index (Phi) is 6.36. The summed E-state index contributed by atoms with van der Waals surface area (Å²) in [5.41, 5.74) is 3.12. The first-order chi connectivity index (χ1) is 16.1. The summed E-state index contributed by atoms with van der Waals surface area (Å²) < 4.78 is 10.9. The van der Waals surface area contributed by atoms with E-state index in [0.717, 1.165) is 22.3 Å². The monoisotopic (exact) mass is 466 g/mol. The number of hydrogen-bond donors (Lipinski definition) is 2. The van der Waals surface area contributed by atoms with Crippen LogP contribution in [0.2, 0.25) is 0 Å². The van der Waals surface area contributed by atoms with Crippen LogP contribution in [0.25, 0.3) is 11.1 Å². The molecule has 0 bridgehead atoms. The average Bonchev–Trinajstić information content (AvgIpc) is 3.07. The second-order valence-corrected chi connectivity index (χ2v) is 9.89. The summed E-state index contributed by atoms with van der Waals surface area (Å²) >= 11 is 0. The van der Waals surface area contributed by atoms with Crippen molar-refractivity contribution < 1.29 is 29.0 Å². The number of fused-ring (bicyclic) bond motifs is 3. The highest BCUT2D eigenvalue weighted by atomic mass is 16.5. The summed E-state index contributed by atoms with van der Waals surface area (Å²) in [6, 6.07) is 16.3. The molecule has 1 aliphatic heterocycles. The number of ether oxygens (including phenoxy) is 2. The van der Waals surface area contributed by atoms with Crippen LogP contribution in [0.3, 0.4) is 0 Å². The van der Waals surface area contributed by atoms with E-state index in [4.69, 9.17) is 14.6 Å². The van der Waals surface area contributed by atoms with Crippen LogP contribution in [-0.2, 0) is 19.1 Å². The van der Waals surface area contributed by atoms with Crippen LogP contribution in [0, 0.1) is 0 Å². The first kappa shape index (κ1) is 23.8. The van der Waals surface area contributed by atoms with Gasteiger partial charge in [-0.25, -0.2) is 9.59 Å². The number of carbonyl (C=O) groups excluding carboxylic acids is 2. The van der Waals surface area contributed by atoms with Crippen LogP contribution in [0.4, 0.5) is 4.79 Å². The summed E-state index contributed by atoms with van der Waals surface area (Å²) in [6.07, 6.45) is -0.482. The lowest BCUT2D eigenvalue weighted by Crippen LogP contribution is -2.64. The molecule has 2 aromatic carbocycles. The lowest BCUT2D eigenvalue weighted by Gasteiger charge is -2.48. The van der Waals surface area contributed by atoms with Gasteiger partial charge in [-0.3, -0.25) is 4.79 Å². The number of nitrogens with one attached hydrogen (secondary N) is 1. The summed E-state index contributed by atoms with van der Waals surface area (Å²) in [7, 11) is 0. The predicted octanol–water partition coefficient (Wildman–Crippen LogP) is 3.40. The lowest BCUT2D eigenvalue weighted by molar-refractivity contribution is -0.173. The number of aliphatic carboxylic acids is 1. The standard InChI is InChI=1S/C26H30N2O6/c1-25(2,12-22(29)28-15-26(3,16-28)34-14-23(30)31)27-24(32)33-13-21-19-10-6-4-8-17(19)18-9-5-7-11-20(18)21/h4-11,21H,12-16H2,1-3H3,(H,27,32)(H,30,31). The molecule has 0 unspecified atom stereocenters. The van der Waals surface area contributed by atoms with Crippen molar-refractivity contribution in [1.82, 2.24) is 10.2 Å². The van der Waals surface area contributed by atoms with Crippen LogP contribution in [0.1, 0.15) is 44.2 Å². The molecule has 2 aliphatic rings. The number of likely N-dealkylation sites (tertiary alicyclic amines) is 1. The summed E-state index contributed by atoms with van der Waals surface area (Å²) in [6.45, 7) is 5.77. The minimum absolute atomic E-state index is 0.0348. The van der Waals surface area contributed by atoms with Gasteiger partial charge in [0.15, 0.2) is 0 Å². The SMILES string of the molecule is CC(C)(CC(=O)N1CC(C)(OCC(=O)O)C1)NC(=O)OCC1c2ccccc2-c2ccccc21. The Labute approximate surface area is 198 Å². The lowest BCUT2D eigenvalue weighted by atomic mass is 9.93. The van der Waals surface area contributed by atoms with E-state index < -0.39 is 29.8 Å².